The molecule has 0 N–H and O–H groups in total. The van der Waals surface area contributed by atoms with Gasteiger partial charge in [0.1, 0.15) is 5.75 Å². The number of unbranched alkanes of at least 4 members (excludes halogenated alkanes) is 1. The highest BCUT2D eigenvalue weighted by Crippen LogP contribution is 2.16. The molecule has 0 heterocycles. The standard InChI is InChI=1S/C14H22O/c1-3-5-7-10-13(4-2)15-14-11-8-6-9-12-14/h6,8-9,11-13H,3-5,7,10H2,1-2H3/i4D2,10D2. The SMILES string of the molecule is [2H]C([2H])(C)C(Oc1ccccc1)C([2H])([2H])CCCC. The Kier molecular flexibility index (Phi) is 3.58. The lowest BCUT2D eigenvalue weighted by atomic mass is 10.1. The highest BCUT2D eigenvalue weighted by molar-refractivity contribution is 5.21. The Morgan fingerprint density at radius 1 is 1.20 bits per heavy atom. The van der Waals surface area contributed by atoms with Gasteiger partial charge in [0, 0.05) is 5.48 Å². The summed E-state index contributed by atoms with van der Waals surface area (Å²) in [5.41, 5.74) is 0. The molecule has 0 aliphatic heterocycles. The van der Waals surface area contributed by atoms with Crippen LogP contribution < -0.4 is 4.74 Å². The summed E-state index contributed by atoms with van der Waals surface area (Å²) in [6.07, 6.45) is -2.65. The Labute approximate surface area is 99.1 Å². The first kappa shape index (κ1) is 7.32. The number of benzene rings is 1. The fourth-order valence-electron chi connectivity index (χ4n) is 1.25. The zero-order chi connectivity index (χ0) is 14.5. The zero-order valence-electron chi connectivity index (χ0n) is 13.5. The van der Waals surface area contributed by atoms with Crippen molar-refractivity contribution in [3.05, 3.63) is 30.3 Å². The number of hydrogen-bond acceptors (Lipinski definition) is 1. The topological polar surface area (TPSA) is 9.23 Å². The molecule has 1 rings (SSSR count). The first-order valence-electron chi connectivity index (χ1n) is 7.49. The Bertz CT molecular complexity index is 373. The van der Waals surface area contributed by atoms with E-state index >= 15 is 0 Å². The van der Waals surface area contributed by atoms with Gasteiger partial charge in [-0.1, -0.05) is 44.9 Å². The molecular formula is C14H22O. The minimum absolute atomic E-state index is 0.300. The Hall–Kier alpha value is -0.980. The van der Waals surface area contributed by atoms with Crippen LogP contribution in [0.15, 0.2) is 30.3 Å². The van der Waals surface area contributed by atoms with Crippen LogP contribution in [0.2, 0.25) is 0 Å². The van der Waals surface area contributed by atoms with Crippen molar-refractivity contribution in [3.63, 3.8) is 0 Å². The fraction of sp³-hybridized carbons (Fsp3) is 0.571. The summed E-state index contributed by atoms with van der Waals surface area (Å²) in [7, 11) is 0. The van der Waals surface area contributed by atoms with Gasteiger partial charge in [0.2, 0.25) is 0 Å². The quantitative estimate of drug-likeness (QED) is 0.647. The summed E-state index contributed by atoms with van der Waals surface area (Å²) in [5.74, 6) is 0.499. The maximum Gasteiger partial charge on any atom is 0.119 e. The van der Waals surface area contributed by atoms with Gasteiger partial charge in [-0.25, -0.2) is 0 Å². The summed E-state index contributed by atoms with van der Waals surface area (Å²) < 4.78 is 37.4. The van der Waals surface area contributed by atoms with Crippen molar-refractivity contribution in [1.29, 1.82) is 0 Å². The summed E-state index contributed by atoms with van der Waals surface area (Å²) in [6, 6.07) is 8.86. The van der Waals surface area contributed by atoms with E-state index in [-0.39, 0.29) is 0 Å². The minimum atomic E-state index is -1.74. The van der Waals surface area contributed by atoms with Crippen LogP contribution in [0.25, 0.3) is 0 Å². The van der Waals surface area contributed by atoms with Crippen LogP contribution in [0.5, 0.6) is 5.75 Å². The summed E-state index contributed by atoms with van der Waals surface area (Å²) >= 11 is 0. The monoisotopic (exact) mass is 210 g/mol. The number of hydrogen-bond donors (Lipinski definition) is 0. The average Bonchev–Trinajstić information content (AvgIpc) is 2.33. The molecule has 0 amide bonds. The summed E-state index contributed by atoms with van der Waals surface area (Å²) in [4.78, 5) is 0. The largest absolute Gasteiger partial charge is 0.490 e. The lowest BCUT2D eigenvalue weighted by Crippen LogP contribution is -2.14. The second kappa shape index (κ2) is 7.33. The van der Waals surface area contributed by atoms with Crippen LogP contribution in [-0.2, 0) is 0 Å². The molecule has 0 aromatic heterocycles. The van der Waals surface area contributed by atoms with Crippen LogP contribution in [0.4, 0.5) is 0 Å². The van der Waals surface area contributed by atoms with Crippen LogP contribution in [0, 0.1) is 0 Å². The maximum atomic E-state index is 8.09. The number of para-hydroxylation sites is 1. The van der Waals surface area contributed by atoms with Gasteiger partial charge in [-0.3, -0.25) is 0 Å². The van der Waals surface area contributed by atoms with E-state index in [0.29, 0.717) is 12.2 Å². The van der Waals surface area contributed by atoms with Gasteiger partial charge in [0.25, 0.3) is 0 Å². The number of ether oxygens (including phenoxy) is 1. The summed E-state index contributed by atoms with van der Waals surface area (Å²) in [6.45, 7) is 3.36. The third-order valence-electron chi connectivity index (χ3n) is 2.12. The second-order valence-corrected chi connectivity index (χ2v) is 3.41. The van der Waals surface area contributed by atoms with Crippen molar-refractivity contribution in [2.75, 3.05) is 0 Å². The zero-order valence-corrected chi connectivity index (χ0v) is 9.49. The van der Waals surface area contributed by atoms with E-state index in [9.17, 15) is 0 Å². The van der Waals surface area contributed by atoms with Crippen molar-refractivity contribution in [1.82, 2.24) is 0 Å². The van der Waals surface area contributed by atoms with Gasteiger partial charge in [0.05, 0.1) is 6.10 Å². The number of rotatable bonds is 7. The van der Waals surface area contributed by atoms with Gasteiger partial charge in [-0.15, -0.1) is 0 Å². The van der Waals surface area contributed by atoms with Crippen LogP contribution in [0.3, 0.4) is 0 Å². The molecule has 0 aliphatic carbocycles. The first-order chi connectivity index (χ1) is 8.77. The van der Waals surface area contributed by atoms with Crippen LogP contribution >= 0.6 is 0 Å². The van der Waals surface area contributed by atoms with E-state index < -0.39 is 18.8 Å². The lowest BCUT2D eigenvalue weighted by Gasteiger charge is -2.17. The van der Waals surface area contributed by atoms with Gasteiger partial charge >= 0.3 is 0 Å². The van der Waals surface area contributed by atoms with Gasteiger partial charge in [0.15, 0.2) is 0 Å². The molecule has 1 unspecified atom stereocenters. The van der Waals surface area contributed by atoms with Crippen molar-refractivity contribution >= 4 is 0 Å². The van der Waals surface area contributed by atoms with E-state index in [0.717, 1.165) is 12.8 Å². The molecule has 0 saturated heterocycles. The predicted molar refractivity (Wildman–Crippen MR) is 65.3 cm³/mol. The molecule has 1 aromatic rings. The molecular weight excluding hydrogens is 184 g/mol. The first-order valence-corrected chi connectivity index (χ1v) is 5.49. The molecule has 1 heteroatoms. The Morgan fingerprint density at radius 3 is 2.53 bits per heavy atom. The predicted octanol–water partition coefficient (Wildman–Crippen LogP) is 4.42. The summed E-state index contributed by atoms with van der Waals surface area (Å²) in [5, 5.41) is 0. The fourth-order valence-corrected chi connectivity index (χ4v) is 1.25. The van der Waals surface area contributed by atoms with Gasteiger partial charge in [-0.2, -0.15) is 0 Å². The molecule has 0 fully saturated rings. The van der Waals surface area contributed by atoms with Crippen molar-refractivity contribution in [3.8, 4) is 5.75 Å². The van der Waals surface area contributed by atoms with Gasteiger partial charge < -0.3 is 4.74 Å². The molecule has 1 nitrogen and oxygen atoms in total. The van der Waals surface area contributed by atoms with Crippen molar-refractivity contribution in [2.45, 2.75) is 52.0 Å². The van der Waals surface area contributed by atoms with E-state index in [2.05, 4.69) is 0 Å². The average molecular weight is 210 g/mol. The molecule has 84 valence electrons. The third kappa shape index (κ3) is 4.87. The molecule has 1 atom stereocenters. The van der Waals surface area contributed by atoms with Crippen LogP contribution in [-0.4, -0.2) is 6.10 Å². The highest BCUT2D eigenvalue weighted by Gasteiger charge is 2.06. The molecule has 0 saturated carbocycles. The lowest BCUT2D eigenvalue weighted by molar-refractivity contribution is 0.183. The molecule has 15 heavy (non-hydrogen) atoms. The van der Waals surface area contributed by atoms with E-state index in [1.807, 2.05) is 13.0 Å². The molecule has 0 bridgehead atoms. The highest BCUT2D eigenvalue weighted by atomic mass is 16.5. The van der Waals surface area contributed by atoms with E-state index in [1.54, 1.807) is 24.3 Å². The van der Waals surface area contributed by atoms with Crippen molar-refractivity contribution < 1.29 is 10.2 Å². The van der Waals surface area contributed by atoms with Crippen LogP contribution in [0.1, 0.15) is 51.3 Å². The van der Waals surface area contributed by atoms with E-state index in [1.165, 1.54) is 6.92 Å². The van der Waals surface area contributed by atoms with E-state index in [4.69, 9.17) is 10.2 Å². The Morgan fingerprint density at radius 2 is 1.93 bits per heavy atom. The maximum absolute atomic E-state index is 8.09. The molecule has 0 aliphatic rings. The van der Waals surface area contributed by atoms with Crippen molar-refractivity contribution in [2.24, 2.45) is 0 Å². The second-order valence-electron chi connectivity index (χ2n) is 3.41. The smallest absolute Gasteiger partial charge is 0.119 e. The minimum Gasteiger partial charge on any atom is -0.490 e. The molecule has 0 radical (unpaired) electrons. The molecule has 0 spiro atoms. The van der Waals surface area contributed by atoms with Gasteiger partial charge in [-0.05, 0) is 31.3 Å². The normalized spacial score (nSPS) is 18.3. The Balaban J connectivity index is 2.89. The third-order valence-corrected chi connectivity index (χ3v) is 2.12. The molecule has 1 aromatic carbocycles.